The maximum atomic E-state index is 11.3. The highest BCUT2D eigenvalue weighted by molar-refractivity contribution is 6.31. The van der Waals surface area contributed by atoms with E-state index in [-0.39, 0.29) is 16.5 Å². The number of carboxylic acids is 1. The first-order valence-electron chi connectivity index (χ1n) is 5.24. The highest BCUT2D eigenvalue weighted by Crippen LogP contribution is 2.27. The number of benzene rings is 1. The van der Waals surface area contributed by atoms with E-state index in [0.717, 1.165) is 0 Å². The molecule has 0 spiro atoms. The molecule has 2 N–H and O–H groups in total. The minimum absolute atomic E-state index is 0.0309. The number of aryl methyl sites for hydroxylation is 1. The number of halogens is 1. The van der Waals surface area contributed by atoms with Crippen molar-refractivity contribution in [1.82, 2.24) is 9.97 Å². The molecular formula is C12H9ClN2O4. The first-order chi connectivity index (χ1) is 8.99. The quantitative estimate of drug-likeness (QED) is 0.899. The van der Waals surface area contributed by atoms with Crippen LogP contribution < -0.4 is 10.3 Å². The molecule has 7 heteroatoms. The van der Waals surface area contributed by atoms with Crippen LogP contribution >= 0.6 is 11.6 Å². The average molecular weight is 281 g/mol. The lowest BCUT2D eigenvalue weighted by atomic mass is 10.1. The van der Waals surface area contributed by atoms with E-state index in [0.29, 0.717) is 11.3 Å². The Bertz CT molecular complexity index is 696. The summed E-state index contributed by atoms with van der Waals surface area (Å²) in [5.74, 6) is -0.677. The highest BCUT2D eigenvalue weighted by atomic mass is 35.5. The van der Waals surface area contributed by atoms with Crippen LogP contribution in [0.2, 0.25) is 5.02 Å². The number of aromatic amines is 1. The number of rotatable bonds is 3. The number of carbonyl (C=O) groups is 1. The molecule has 1 heterocycles. The zero-order valence-corrected chi connectivity index (χ0v) is 10.6. The van der Waals surface area contributed by atoms with E-state index in [2.05, 4.69) is 9.97 Å². The number of hydrogen-bond donors (Lipinski definition) is 2. The summed E-state index contributed by atoms with van der Waals surface area (Å²) >= 11 is 5.75. The Morgan fingerprint density at radius 3 is 2.84 bits per heavy atom. The number of nitrogens with zero attached hydrogens (tertiary/aromatic N) is 1. The lowest BCUT2D eigenvalue weighted by Gasteiger charge is -2.08. The van der Waals surface area contributed by atoms with Crippen molar-refractivity contribution >= 4 is 17.6 Å². The third kappa shape index (κ3) is 2.74. The maximum absolute atomic E-state index is 11.3. The molecule has 19 heavy (non-hydrogen) atoms. The predicted molar refractivity (Wildman–Crippen MR) is 68.1 cm³/mol. The van der Waals surface area contributed by atoms with Crippen LogP contribution in [0.5, 0.6) is 11.6 Å². The van der Waals surface area contributed by atoms with Gasteiger partial charge in [-0.3, -0.25) is 4.79 Å². The van der Waals surface area contributed by atoms with Crippen LogP contribution in [0.3, 0.4) is 0 Å². The number of aromatic nitrogens is 2. The number of ether oxygens (including phenoxy) is 1. The molecule has 0 saturated heterocycles. The Morgan fingerprint density at radius 1 is 1.47 bits per heavy atom. The van der Waals surface area contributed by atoms with Crippen molar-refractivity contribution in [3.8, 4) is 11.6 Å². The van der Waals surface area contributed by atoms with E-state index in [4.69, 9.17) is 21.4 Å². The van der Waals surface area contributed by atoms with Crippen molar-refractivity contribution in [1.29, 1.82) is 0 Å². The van der Waals surface area contributed by atoms with Crippen molar-refractivity contribution in [2.75, 3.05) is 0 Å². The van der Waals surface area contributed by atoms with Crippen molar-refractivity contribution in [3.63, 3.8) is 0 Å². The van der Waals surface area contributed by atoms with Crippen molar-refractivity contribution in [2.45, 2.75) is 6.92 Å². The Labute approximate surface area is 112 Å². The summed E-state index contributed by atoms with van der Waals surface area (Å²) in [4.78, 5) is 28.2. The van der Waals surface area contributed by atoms with E-state index in [9.17, 15) is 9.59 Å². The molecule has 6 nitrogen and oxygen atoms in total. The van der Waals surface area contributed by atoms with Crippen LogP contribution in [-0.4, -0.2) is 21.0 Å². The molecule has 2 rings (SSSR count). The van der Waals surface area contributed by atoms with Gasteiger partial charge in [0.15, 0.2) is 5.02 Å². The van der Waals surface area contributed by atoms with Crippen LogP contribution in [0.4, 0.5) is 0 Å². The summed E-state index contributed by atoms with van der Waals surface area (Å²) in [7, 11) is 0. The molecule has 1 aromatic heterocycles. The molecule has 98 valence electrons. The van der Waals surface area contributed by atoms with Crippen LogP contribution in [0, 0.1) is 6.92 Å². The molecule has 0 aliphatic heterocycles. The van der Waals surface area contributed by atoms with Gasteiger partial charge in [-0.05, 0) is 30.7 Å². The van der Waals surface area contributed by atoms with Crippen LogP contribution in [0.15, 0.2) is 29.3 Å². The summed E-state index contributed by atoms with van der Waals surface area (Å²) in [5.41, 5.74) is 0.235. The molecule has 0 aliphatic rings. The maximum Gasteiger partial charge on any atom is 0.335 e. The van der Waals surface area contributed by atoms with Gasteiger partial charge in [0.05, 0.1) is 11.9 Å². The zero-order valence-electron chi connectivity index (χ0n) is 9.81. The summed E-state index contributed by atoms with van der Waals surface area (Å²) in [6, 6.07) is 4.34. The van der Waals surface area contributed by atoms with Gasteiger partial charge in [0.25, 0.3) is 5.56 Å². The van der Waals surface area contributed by atoms with Crippen LogP contribution in [0.25, 0.3) is 0 Å². The fourth-order valence-corrected chi connectivity index (χ4v) is 1.58. The van der Waals surface area contributed by atoms with E-state index >= 15 is 0 Å². The topological polar surface area (TPSA) is 92.3 Å². The van der Waals surface area contributed by atoms with E-state index in [1.165, 1.54) is 24.5 Å². The van der Waals surface area contributed by atoms with Crippen LogP contribution in [0.1, 0.15) is 15.9 Å². The first kappa shape index (κ1) is 13.1. The van der Waals surface area contributed by atoms with Gasteiger partial charge < -0.3 is 14.8 Å². The van der Waals surface area contributed by atoms with Gasteiger partial charge in [0.2, 0.25) is 5.88 Å². The first-order valence-corrected chi connectivity index (χ1v) is 5.62. The molecule has 0 saturated carbocycles. The molecular weight excluding hydrogens is 272 g/mol. The second kappa shape index (κ2) is 5.11. The molecule has 2 aromatic rings. The van der Waals surface area contributed by atoms with Gasteiger partial charge in [-0.1, -0.05) is 11.6 Å². The third-order valence-corrected chi connectivity index (χ3v) is 2.73. The molecule has 0 unspecified atom stereocenters. The van der Waals surface area contributed by atoms with Gasteiger partial charge in [-0.25, -0.2) is 9.78 Å². The molecule has 0 aliphatic carbocycles. The predicted octanol–water partition coefficient (Wildman–Crippen LogP) is 2.22. The molecule has 0 atom stereocenters. The van der Waals surface area contributed by atoms with Crippen LogP contribution in [-0.2, 0) is 0 Å². The minimum atomic E-state index is -1.03. The summed E-state index contributed by atoms with van der Waals surface area (Å²) in [5, 5.41) is 8.69. The number of carboxylic acid groups (broad SMARTS) is 1. The zero-order chi connectivity index (χ0) is 14.0. The third-order valence-electron chi connectivity index (χ3n) is 2.39. The molecule has 0 fully saturated rings. The largest absolute Gasteiger partial charge is 0.478 e. The van der Waals surface area contributed by atoms with Gasteiger partial charge in [-0.15, -0.1) is 0 Å². The Morgan fingerprint density at radius 2 is 2.21 bits per heavy atom. The average Bonchev–Trinajstić information content (AvgIpc) is 2.37. The second-order valence-corrected chi connectivity index (χ2v) is 4.12. The number of H-pyrrole nitrogens is 1. The number of hydrogen-bond acceptors (Lipinski definition) is 4. The van der Waals surface area contributed by atoms with Gasteiger partial charge in [0.1, 0.15) is 5.75 Å². The smallest absolute Gasteiger partial charge is 0.335 e. The van der Waals surface area contributed by atoms with Gasteiger partial charge in [0, 0.05) is 0 Å². The second-order valence-electron chi connectivity index (χ2n) is 3.74. The summed E-state index contributed by atoms with van der Waals surface area (Å²) < 4.78 is 5.40. The monoisotopic (exact) mass is 280 g/mol. The van der Waals surface area contributed by atoms with E-state index in [1.807, 2.05) is 0 Å². The molecule has 1 aromatic carbocycles. The molecule has 0 radical (unpaired) electrons. The number of aromatic carboxylic acids is 1. The summed E-state index contributed by atoms with van der Waals surface area (Å²) in [6.45, 7) is 1.68. The Balaban J connectivity index is 2.36. The SMILES string of the molecule is Cc1cc(C(=O)O)ccc1Oc1nc[nH]c(=O)c1Cl. The Kier molecular flexibility index (Phi) is 3.52. The van der Waals surface area contributed by atoms with Gasteiger partial charge >= 0.3 is 5.97 Å². The van der Waals surface area contributed by atoms with E-state index in [1.54, 1.807) is 6.92 Å². The van der Waals surface area contributed by atoms with Crippen molar-refractivity contribution in [3.05, 3.63) is 51.0 Å². The van der Waals surface area contributed by atoms with Crippen molar-refractivity contribution < 1.29 is 14.6 Å². The fraction of sp³-hybridized carbons (Fsp3) is 0.0833. The molecule has 0 bridgehead atoms. The highest BCUT2D eigenvalue weighted by Gasteiger charge is 2.11. The summed E-state index contributed by atoms with van der Waals surface area (Å²) in [6.07, 6.45) is 1.17. The number of nitrogens with one attached hydrogen (secondary N) is 1. The lowest BCUT2D eigenvalue weighted by molar-refractivity contribution is 0.0697. The van der Waals surface area contributed by atoms with Gasteiger partial charge in [-0.2, -0.15) is 0 Å². The van der Waals surface area contributed by atoms with Crippen molar-refractivity contribution in [2.24, 2.45) is 0 Å². The normalized spacial score (nSPS) is 10.2. The minimum Gasteiger partial charge on any atom is -0.478 e. The lowest BCUT2D eigenvalue weighted by Crippen LogP contribution is -2.08. The van der Waals surface area contributed by atoms with E-state index < -0.39 is 11.5 Å². The standard InChI is InChI=1S/C12H9ClN2O4/c1-6-4-7(12(17)18)2-3-8(6)19-11-9(13)10(16)14-5-15-11/h2-5H,1H3,(H,17,18)(H,14,15,16). The molecule has 0 amide bonds. The fourth-order valence-electron chi connectivity index (χ4n) is 1.44. The Hall–Kier alpha value is -2.34.